The Balaban J connectivity index is 1.74. The van der Waals surface area contributed by atoms with Crippen molar-refractivity contribution in [3.8, 4) is 5.75 Å². The molecule has 0 atom stereocenters. The van der Waals surface area contributed by atoms with Crippen LogP contribution in [0.15, 0.2) is 54.6 Å². The Hall–Kier alpha value is -2.43. The van der Waals surface area contributed by atoms with E-state index in [1.807, 2.05) is 30.3 Å². The molecule has 5 heteroatoms. The fourth-order valence-corrected chi connectivity index (χ4v) is 1.98. The van der Waals surface area contributed by atoms with Crippen molar-refractivity contribution >= 4 is 5.91 Å². The molecule has 2 aromatic carbocycles. The first-order chi connectivity index (χ1) is 10.6. The van der Waals surface area contributed by atoms with Crippen LogP contribution in [0, 0.1) is 0 Å². The average Bonchev–Trinajstić information content (AvgIpc) is 2.53. The molecule has 0 saturated heterocycles. The van der Waals surface area contributed by atoms with Crippen molar-refractivity contribution < 1.29 is 18.3 Å². The van der Waals surface area contributed by atoms with Gasteiger partial charge in [0.05, 0.1) is 0 Å². The van der Waals surface area contributed by atoms with Crippen molar-refractivity contribution in [2.45, 2.75) is 26.0 Å². The summed E-state index contributed by atoms with van der Waals surface area (Å²) in [4.78, 5) is 11.8. The lowest BCUT2D eigenvalue weighted by molar-refractivity contribution is -0.121. The Morgan fingerprint density at radius 2 is 1.68 bits per heavy atom. The van der Waals surface area contributed by atoms with E-state index in [1.165, 1.54) is 12.1 Å². The topological polar surface area (TPSA) is 38.3 Å². The second-order valence-electron chi connectivity index (χ2n) is 4.78. The Bertz CT molecular complexity index is 585. The van der Waals surface area contributed by atoms with E-state index in [1.54, 1.807) is 12.1 Å². The van der Waals surface area contributed by atoms with Crippen LogP contribution < -0.4 is 10.1 Å². The van der Waals surface area contributed by atoms with Gasteiger partial charge in [0, 0.05) is 13.0 Å². The maximum absolute atomic E-state index is 12.0. The summed E-state index contributed by atoms with van der Waals surface area (Å²) >= 11 is 0. The molecule has 0 unspecified atom stereocenters. The zero-order valence-electron chi connectivity index (χ0n) is 12.0. The molecule has 1 amide bonds. The van der Waals surface area contributed by atoms with Gasteiger partial charge in [0.25, 0.3) is 0 Å². The van der Waals surface area contributed by atoms with E-state index in [-0.39, 0.29) is 11.7 Å². The first kappa shape index (κ1) is 15.9. The minimum atomic E-state index is -2.82. The number of hydrogen-bond donors (Lipinski definition) is 1. The number of rotatable bonds is 7. The summed E-state index contributed by atoms with van der Waals surface area (Å²) in [6, 6.07) is 16.0. The SMILES string of the molecule is O=C(CCc1ccc(OC(F)F)cc1)NCc1ccccc1. The lowest BCUT2D eigenvalue weighted by Gasteiger charge is -2.07. The molecule has 2 rings (SSSR count). The van der Waals surface area contributed by atoms with E-state index in [2.05, 4.69) is 10.1 Å². The Kier molecular flexibility index (Phi) is 5.89. The molecule has 0 aromatic heterocycles. The number of carbonyl (C=O) groups is 1. The molecule has 1 N–H and O–H groups in total. The largest absolute Gasteiger partial charge is 0.435 e. The number of benzene rings is 2. The number of halogens is 2. The highest BCUT2D eigenvalue weighted by Crippen LogP contribution is 2.15. The van der Waals surface area contributed by atoms with Crippen LogP contribution in [0.5, 0.6) is 5.75 Å². The molecule has 3 nitrogen and oxygen atoms in total. The summed E-state index contributed by atoms with van der Waals surface area (Å²) in [6.07, 6.45) is 0.900. The molecule has 0 spiro atoms. The quantitative estimate of drug-likeness (QED) is 0.849. The number of nitrogens with one attached hydrogen (secondary N) is 1. The van der Waals surface area contributed by atoms with E-state index < -0.39 is 6.61 Å². The third-order valence-electron chi connectivity index (χ3n) is 3.12. The lowest BCUT2D eigenvalue weighted by atomic mass is 10.1. The predicted octanol–water partition coefficient (Wildman–Crippen LogP) is 3.54. The van der Waals surface area contributed by atoms with Crippen LogP contribution in [-0.2, 0) is 17.8 Å². The smallest absolute Gasteiger partial charge is 0.387 e. The minimum absolute atomic E-state index is 0.0447. The van der Waals surface area contributed by atoms with Crippen molar-refractivity contribution in [2.75, 3.05) is 0 Å². The average molecular weight is 305 g/mol. The zero-order valence-corrected chi connectivity index (χ0v) is 12.0. The summed E-state index contributed by atoms with van der Waals surface area (Å²) in [7, 11) is 0. The fourth-order valence-electron chi connectivity index (χ4n) is 1.98. The molecule has 0 aliphatic heterocycles. The number of carbonyl (C=O) groups excluding carboxylic acids is 1. The van der Waals surface area contributed by atoms with Crippen molar-refractivity contribution in [1.82, 2.24) is 5.32 Å². The standard InChI is InChI=1S/C17H17F2NO2/c18-17(19)22-15-9-6-13(7-10-15)8-11-16(21)20-12-14-4-2-1-3-5-14/h1-7,9-10,17H,8,11-12H2,(H,20,21). The predicted molar refractivity (Wildman–Crippen MR) is 79.7 cm³/mol. The molecule has 0 saturated carbocycles. The second-order valence-corrected chi connectivity index (χ2v) is 4.78. The Morgan fingerprint density at radius 1 is 1.00 bits per heavy atom. The van der Waals surface area contributed by atoms with E-state index in [0.717, 1.165) is 11.1 Å². The molecule has 0 radical (unpaired) electrons. The van der Waals surface area contributed by atoms with Gasteiger partial charge in [-0.25, -0.2) is 0 Å². The van der Waals surface area contributed by atoms with Gasteiger partial charge in [-0.2, -0.15) is 8.78 Å². The third kappa shape index (κ3) is 5.52. The first-order valence-electron chi connectivity index (χ1n) is 6.98. The van der Waals surface area contributed by atoms with Gasteiger partial charge in [-0.15, -0.1) is 0 Å². The molecular formula is C17H17F2NO2. The molecule has 0 heterocycles. The summed E-state index contributed by atoms with van der Waals surface area (Å²) in [6.45, 7) is -2.32. The Labute approximate surface area is 127 Å². The molecule has 0 aliphatic carbocycles. The summed E-state index contributed by atoms with van der Waals surface area (Å²) in [5, 5.41) is 2.84. The number of amides is 1. The molecule has 0 fully saturated rings. The molecular weight excluding hydrogens is 288 g/mol. The maximum Gasteiger partial charge on any atom is 0.387 e. The third-order valence-corrected chi connectivity index (χ3v) is 3.12. The number of aryl methyl sites for hydroxylation is 1. The van der Waals surface area contributed by atoms with E-state index in [0.29, 0.717) is 19.4 Å². The van der Waals surface area contributed by atoms with Crippen LogP contribution in [0.3, 0.4) is 0 Å². The van der Waals surface area contributed by atoms with Crippen molar-refractivity contribution in [2.24, 2.45) is 0 Å². The lowest BCUT2D eigenvalue weighted by Crippen LogP contribution is -2.22. The number of alkyl halides is 2. The highest BCUT2D eigenvalue weighted by atomic mass is 19.3. The van der Waals surface area contributed by atoms with Gasteiger partial charge in [0.2, 0.25) is 5.91 Å². The first-order valence-corrected chi connectivity index (χ1v) is 6.98. The highest BCUT2D eigenvalue weighted by molar-refractivity contribution is 5.76. The van der Waals surface area contributed by atoms with Gasteiger partial charge in [0.1, 0.15) is 5.75 Å². The van der Waals surface area contributed by atoms with Crippen LogP contribution in [-0.4, -0.2) is 12.5 Å². The van der Waals surface area contributed by atoms with Crippen LogP contribution in [0.4, 0.5) is 8.78 Å². The van der Waals surface area contributed by atoms with Gasteiger partial charge in [0.15, 0.2) is 0 Å². The molecule has 0 bridgehead atoms. The number of hydrogen-bond acceptors (Lipinski definition) is 2. The number of ether oxygens (including phenoxy) is 1. The minimum Gasteiger partial charge on any atom is -0.435 e. The van der Waals surface area contributed by atoms with Gasteiger partial charge in [-0.05, 0) is 29.7 Å². The van der Waals surface area contributed by atoms with Gasteiger partial charge >= 0.3 is 6.61 Å². The molecule has 116 valence electrons. The van der Waals surface area contributed by atoms with Gasteiger partial charge in [-0.1, -0.05) is 42.5 Å². The van der Waals surface area contributed by atoms with Crippen LogP contribution in [0.25, 0.3) is 0 Å². The van der Waals surface area contributed by atoms with Crippen LogP contribution in [0.2, 0.25) is 0 Å². The van der Waals surface area contributed by atoms with Crippen LogP contribution in [0.1, 0.15) is 17.5 Å². The summed E-state index contributed by atoms with van der Waals surface area (Å²) < 4.78 is 28.3. The normalized spacial score (nSPS) is 10.5. The summed E-state index contributed by atoms with van der Waals surface area (Å²) in [5.74, 6) is 0.0732. The second kappa shape index (κ2) is 8.12. The molecule has 22 heavy (non-hydrogen) atoms. The van der Waals surface area contributed by atoms with Crippen LogP contribution >= 0.6 is 0 Å². The zero-order chi connectivity index (χ0) is 15.8. The highest BCUT2D eigenvalue weighted by Gasteiger charge is 2.05. The maximum atomic E-state index is 12.0. The van der Waals surface area contributed by atoms with Gasteiger partial charge < -0.3 is 10.1 Å². The van der Waals surface area contributed by atoms with E-state index >= 15 is 0 Å². The van der Waals surface area contributed by atoms with Gasteiger partial charge in [-0.3, -0.25) is 4.79 Å². The van der Waals surface area contributed by atoms with Crippen molar-refractivity contribution in [1.29, 1.82) is 0 Å². The molecule has 2 aromatic rings. The Morgan fingerprint density at radius 3 is 2.32 bits per heavy atom. The van der Waals surface area contributed by atoms with E-state index in [9.17, 15) is 13.6 Å². The summed E-state index contributed by atoms with van der Waals surface area (Å²) in [5.41, 5.74) is 1.95. The van der Waals surface area contributed by atoms with Crippen molar-refractivity contribution in [3.05, 3.63) is 65.7 Å². The van der Waals surface area contributed by atoms with E-state index in [4.69, 9.17) is 0 Å². The monoisotopic (exact) mass is 305 g/mol. The van der Waals surface area contributed by atoms with Crippen molar-refractivity contribution in [3.63, 3.8) is 0 Å². The molecule has 0 aliphatic rings. The fraction of sp³-hybridized carbons (Fsp3) is 0.235.